The number of nitrogens with zero attached hydrogens (tertiary/aromatic N) is 2. The summed E-state index contributed by atoms with van der Waals surface area (Å²) in [5.74, 6) is -0.339. The van der Waals surface area contributed by atoms with Crippen LogP contribution in [-0.2, 0) is 4.79 Å². The zero-order valence-corrected chi connectivity index (χ0v) is 24.1. The summed E-state index contributed by atoms with van der Waals surface area (Å²) >= 11 is 1.23. The van der Waals surface area contributed by atoms with Crippen molar-refractivity contribution in [2.75, 3.05) is 7.11 Å². The van der Waals surface area contributed by atoms with Gasteiger partial charge in [0, 0.05) is 16.5 Å². The molecule has 3 unspecified atom stereocenters. The number of rotatable bonds is 9. The first-order valence-corrected chi connectivity index (χ1v) is 13.9. The van der Waals surface area contributed by atoms with E-state index in [2.05, 4.69) is 9.97 Å². The molecule has 2 aromatic heterocycles. The molecule has 0 bridgehead atoms. The van der Waals surface area contributed by atoms with E-state index < -0.39 is 24.3 Å². The summed E-state index contributed by atoms with van der Waals surface area (Å²) in [7, 11) is 1.55. The van der Waals surface area contributed by atoms with Crippen LogP contribution in [-0.4, -0.2) is 40.4 Å². The minimum absolute atomic E-state index is 0. The van der Waals surface area contributed by atoms with Gasteiger partial charge in [0.25, 0.3) is 0 Å². The van der Waals surface area contributed by atoms with Gasteiger partial charge in [-0.15, -0.1) is 23.7 Å². The Morgan fingerprint density at radius 3 is 2.57 bits per heavy atom. The molecule has 5 rings (SSSR count). The second-order valence-corrected chi connectivity index (χ2v) is 10.8. The van der Waals surface area contributed by atoms with Crippen molar-refractivity contribution in [2.24, 2.45) is 11.7 Å². The van der Waals surface area contributed by atoms with E-state index in [0.717, 1.165) is 28.7 Å². The van der Waals surface area contributed by atoms with Gasteiger partial charge in [-0.3, -0.25) is 4.79 Å². The number of aliphatic carboxylic acids is 1. The number of ether oxygens (including phenoxy) is 2. The molecule has 0 radical (unpaired) electrons. The Hall–Kier alpha value is -3.67. The first-order valence-electron chi connectivity index (χ1n) is 13.0. The van der Waals surface area contributed by atoms with Crippen molar-refractivity contribution in [1.29, 1.82) is 0 Å². The molecule has 3 N–H and O–H groups in total. The first kappa shape index (κ1) is 31.3. The number of hydrogen-bond acceptors (Lipinski definition) is 7. The van der Waals surface area contributed by atoms with Crippen LogP contribution in [0.15, 0.2) is 66.3 Å². The number of aromatic nitrogens is 2. The molecule has 0 spiro atoms. The Morgan fingerprint density at radius 2 is 1.93 bits per heavy atom. The normalized spacial score (nSPS) is 16.7. The molecule has 4 aromatic rings. The Kier molecular flexibility index (Phi) is 9.75. The van der Waals surface area contributed by atoms with Crippen molar-refractivity contribution in [3.05, 3.63) is 77.4 Å². The topological polar surface area (TPSA) is 108 Å². The first-order chi connectivity index (χ1) is 19.6. The summed E-state index contributed by atoms with van der Waals surface area (Å²) < 4.78 is 54.0. The maximum absolute atomic E-state index is 14.3. The van der Waals surface area contributed by atoms with E-state index in [4.69, 9.17) is 20.3 Å². The van der Waals surface area contributed by atoms with Crippen LogP contribution in [0, 0.1) is 5.92 Å². The molecule has 1 aliphatic rings. The second-order valence-electron chi connectivity index (χ2n) is 9.95. The van der Waals surface area contributed by atoms with Gasteiger partial charge in [-0.25, -0.2) is 9.97 Å². The third-order valence-corrected chi connectivity index (χ3v) is 8.19. The number of methoxy groups -OCH3 is 1. The summed E-state index contributed by atoms with van der Waals surface area (Å²) in [4.78, 5) is 19.5. The molecular formula is C30H29ClF3N3O4S. The van der Waals surface area contributed by atoms with E-state index >= 15 is 0 Å². The summed E-state index contributed by atoms with van der Waals surface area (Å²) in [6.07, 6.45) is -1.15. The predicted octanol–water partition coefficient (Wildman–Crippen LogP) is 7.46. The lowest BCUT2D eigenvalue weighted by Gasteiger charge is -2.23. The molecule has 3 atom stereocenters. The highest BCUT2D eigenvalue weighted by Gasteiger charge is 2.43. The van der Waals surface area contributed by atoms with Crippen LogP contribution in [0.2, 0.25) is 0 Å². The van der Waals surface area contributed by atoms with Gasteiger partial charge in [-0.1, -0.05) is 42.5 Å². The minimum Gasteiger partial charge on any atom is -0.497 e. The van der Waals surface area contributed by atoms with Crippen LogP contribution in [0.5, 0.6) is 11.6 Å². The van der Waals surface area contributed by atoms with Gasteiger partial charge < -0.3 is 20.3 Å². The van der Waals surface area contributed by atoms with Crippen LogP contribution < -0.4 is 15.2 Å². The Labute approximate surface area is 250 Å². The number of fused-ring (bicyclic) bond motifs is 1. The zero-order valence-electron chi connectivity index (χ0n) is 22.5. The molecule has 2 heterocycles. The average molecular weight is 620 g/mol. The van der Waals surface area contributed by atoms with E-state index in [0.29, 0.717) is 35.2 Å². The highest BCUT2D eigenvalue weighted by molar-refractivity contribution is 7.17. The van der Waals surface area contributed by atoms with E-state index in [1.54, 1.807) is 25.3 Å². The standard InChI is InChI=1S/C30H28F3N3O4S.ClH/c1-39-22-4-2-3-21(14-22)18-9-11-20(12-10-18)27(30(31,32)33)40-28-26-25(35-16-36-28)23(15-41-26)19-7-5-17(6-8-19)13-24(34)29(37)38;/h2-4,7,9-12,14-17,24,27H,5-6,8,13,34H2,1H3,(H,37,38);1H. The molecule has 1 aliphatic carbocycles. The Bertz CT molecular complexity index is 1580. The number of halogens is 4. The molecule has 0 aliphatic heterocycles. The van der Waals surface area contributed by atoms with Crippen molar-refractivity contribution < 1.29 is 32.5 Å². The van der Waals surface area contributed by atoms with Crippen molar-refractivity contribution in [1.82, 2.24) is 9.97 Å². The fraction of sp³-hybridized carbons (Fsp3) is 0.300. The molecule has 0 fully saturated rings. The number of thiophene rings is 1. The minimum atomic E-state index is -4.69. The highest BCUT2D eigenvalue weighted by Crippen LogP contribution is 2.43. The SMILES string of the molecule is COc1cccc(-c2ccc(C(Oc3ncnc4c(C5=CCC(CC(N)C(=O)O)CC5)csc34)C(F)(F)F)cc2)c1.Cl. The maximum atomic E-state index is 14.3. The number of nitrogens with two attached hydrogens (primary N) is 1. The van der Waals surface area contributed by atoms with E-state index in [-0.39, 0.29) is 29.8 Å². The van der Waals surface area contributed by atoms with Gasteiger partial charge in [-0.05, 0) is 60.4 Å². The molecule has 7 nitrogen and oxygen atoms in total. The number of carboxylic acid groups (broad SMARTS) is 1. The number of carboxylic acids is 1. The van der Waals surface area contributed by atoms with Gasteiger partial charge >= 0.3 is 12.1 Å². The van der Waals surface area contributed by atoms with Gasteiger partial charge in [0.1, 0.15) is 22.8 Å². The van der Waals surface area contributed by atoms with Crippen molar-refractivity contribution in [3.63, 3.8) is 0 Å². The number of benzene rings is 2. The fourth-order valence-corrected chi connectivity index (χ4v) is 6.01. The van der Waals surface area contributed by atoms with Crippen LogP contribution in [0.1, 0.15) is 42.9 Å². The predicted molar refractivity (Wildman–Crippen MR) is 158 cm³/mol. The summed E-state index contributed by atoms with van der Waals surface area (Å²) in [6, 6.07) is 12.4. The lowest BCUT2D eigenvalue weighted by Crippen LogP contribution is -2.32. The highest BCUT2D eigenvalue weighted by atomic mass is 35.5. The van der Waals surface area contributed by atoms with Gasteiger partial charge in [0.2, 0.25) is 12.0 Å². The molecule has 0 saturated carbocycles. The van der Waals surface area contributed by atoms with Gasteiger partial charge in [-0.2, -0.15) is 13.2 Å². The van der Waals surface area contributed by atoms with E-state index in [1.165, 1.54) is 29.8 Å². The van der Waals surface area contributed by atoms with Crippen molar-refractivity contribution >= 4 is 45.5 Å². The monoisotopic (exact) mass is 619 g/mol. The zero-order chi connectivity index (χ0) is 29.1. The molecule has 0 saturated heterocycles. The molecule has 42 heavy (non-hydrogen) atoms. The third kappa shape index (κ3) is 6.86. The second kappa shape index (κ2) is 13.1. The van der Waals surface area contributed by atoms with Crippen LogP contribution in [0.4, 0.5) is 13.2 Å². The number of allylic oxidation sites excluding steroid dienone is 2. The Morgan fingerprint density at radius 1 is 1.17 bits per heavy atom. The molecule has 222 valence electrons. The number of alkyl halides is 3. The average Bonchev–Trinajstić information content (AvgIpc) is 3.41. The summed E-state index contributed by atoms with van der Waals surface area (Å²) in [6.45, 7) is 0. The lowest BCUT2D eigenvalue weighted by molar-refractivity contribution is -0.198. The molecule has 12 heteroatoms. The largest absolute Gasteiger partial charge is 0.497 e. The summed E-state index contributed by atoms with van der Waals surface area (Å²) in [5.41, 5.74) is 9.57. The Balaban J connectivity index is 0.00000405. The van der Waals surface area contributed by atoms with Crippen LogP contribution >= 0.6 is 23.7 Å². The third-order valence-electron chi connectivity index (χ3n) is 7.23. The maximum Gasteiger partial charge on any atom is 0.429 e. The van der Waals surface area contributed by atoms with Gasteiger partial charge in [0.15, 0.2) is 0 Å². The number of carbonyl (C=O) groups is 1. The molecular weight excluding hydrogens is 591 g/mol. The quantitative estimate of drug-likeness (QED) is 0.200. The van der Waals surface area contributed by atoms with Crippen molar-refractivity contribution in [3.8, 4) is 22.8 Å². The van der Waals surface area contributed by atoms with Crippen LogP contribution in [0.25, 0.3) is 26.9 Å². The fourth-order valence-electron chi connectivity index (χ4n) is 5.04. The number of hydrogen-bond donors (Lipinski definition) is 2. The summed E-state index contributed by atoms with van der Waals surface area (Å²) in [5, 5.41) is 10.9. The van der Waals surface area contributed by atoms with E-state index in [9.17, 15) is 18.0 Å². The smallest absolute Gasteiger partial charge is 0.429 e. The molecule has 2 aromatic carbocycles. The van der Waals surface area contributed by atoms with E-state index in [1.807, 2.05) is 29.7 Å². The molecule has 0 amide bonds. The van der Waals surface area contributed by atoms with Crippen molar-refractivity contribution in [2.45, 2.75) is 44.0 Å². The lowest BCUT2D eigenvalue weighted by atomic mass is 9.83. The van der Waals surface area contributed by atoms with Crippen LogP contribution in [0.3, 0.4) is 0 Å². The van der Waals surface area contributed by atoms with Gasteiger partial charge in [0.05, 0.1) is 12.6 Å².